The minimum absolute atomic E-state index is 0. The highest BCUT2D eigenvalue weighted by Crippen LogP contribution is 2.09. The van der Waals surface area contributed by atoms with Gasteiger partial charge in [-0.3, -0.25) is 4.99 Å². The summed E-state index contributed by atoms with van der Waals surface area (Å²) in [6.07, 6.45) is -0.424. The van der Waals surface area contributed by atoms with Crippen LogP contribution in [0.4, 0.5) is 4.79 Å². The molecule has 0 aromatic carbocycles. The van der Waals surface area contributed by atoms with Crippen LogP contribution in [-0.4, -0.2) is 55.3 Å². The van der Waals surface area contributed by atoms with Gasteiger partial charge in [0, 0.05) is 20.6 Å². The number of amides is 1. The zero-order valence-corrected chi connectivity index (χ0v) is 16.9. The Bertz CT molecular complexity index is 349. The van der Waals surface area contributed by atoms with E-state index in [2.05, 4.69) is 15.6 Å². The number of nitrogens with zero attached hydrogens (tertiary/aromatic N) is 2. The average molecular weight is 414 g/mol. The number of ether oxygens (including phenoxy) is 1. The van der Waals surface area contributed by atoms with Crippen LogP contribution < -0.4 is 10.6 Å². The number of alkyl carbamates (subject to hydrolysis) is 1. The van der Waals surface area contributed by atoms with E-state index in [1.807, 2.05) is 60.5 Å². The molecule has 0 radical (unpaired) electrons. The van der Waals surface area contributed by atoms with Gasteiger partial charge >= 0.3 is 6.09 Å². The number of halogens is 1. The fourth-order valence-corrected chi connectivity index (χ4v) is 1.41. The Labute approximate surface area is 146 Å². The van der Waals surface area contributed by atoms with Crippen molar-refractivity contribution < 1.29 is 9.53 Å². The highest BCUT2D eigenvalue weighted by atomic mass is 127. The zero-order valence-electron chi connectivity index (χ0n) is 14.5. The Hall–Kier alpha value is -0.730. The van der Waals surface area contributed by atoms with Crippen LogP contribution in [0.2, 0.25) is 0 Å². The Morgan fingerprint density at radius 1 is 1.19 bits per heavy atom. The number of rotatable bonds is 4. The van der Waals surface area contributed by atoms with Crippen LogP contribution >= 0.6 is 24.0 Å². The van der Waals surface area contributed by atoms with Crippen LogP contribution in [0.3, 0.4) is 0 Å². The topological polar surface area (TPSA) is 66.0 Å². The smallest absolute Gasteiger partial charge is 0.408 e. The van der Waals surface area contributed by atoms with Crippen molar-refractivity contribution in [1.29, 1.82) is 0 Å². The molecule has 0 aromatic rings. The Kier molecular flexibility index (Phi) is 10.0. The molecule has 0 aliphatic heterocycles. The van der Waals surface area contributed by atoms with Gasteiger partial charge in [-0.2, -0.15) is 0 Å². The van der Waals surface area contributed by atoms with Crippen molar-refractivity contribution in [3.8, 4) is 0 Å². The van der Waals surface area contributed by atoms with Crippen LogP contribution in [0.5, 0.6) is 0 Å². The molecular formula is C14H31IN4O2. The predicted molar refractivity (Wildman–Crippen MR) is 98.5 cm³/mol. The third kappa shape index (κ3) is 11.6. The molecule has 0 bridgehead atoms. The summed E-state index contributed by atoms with van der Waals surface area (Å²) < 4.78 is 5.25. The number of carbonyl (C=O) groups is 1. The lowest BCUT2D eigenvalue weighted by Crippen LogP contribution is -2.48. The second-order valence-corrected chi connectivity index (χ2v) is 6.58. The maximum absolute atomic E-state index is 11.8. The molecule has 6 nitrogen and oxygen atoms in total. The van der Waals surface area contributed by atoms with Crippen LogP contribution in [0, 0.1) is 0 Å². The average Bonchev–Trinajstić information content (AvgIpc) is 2.19. The van der Waals surface area contributed by atoms with E-state index in [0.717, 1.165) is 12.5 Å². The van der Waals surface area contributed by atoms with E-state index >= 15 is 0 Å². The highest BCUT2D eigenvalue weighted by Gasteiger charge is 2.24. The molecular weight excluding hydrogens is 383 g/mol. The van der Waals surface area contributed by atoms with Gasteiger partial charge in [-0.15, -0.1) is 24.0 Å². The van der Waals surface area contributed by atoms with Crippen LogP contribution in [0.25, 0.3) is 0 Å². The lowest BCUT2D eigenvalue weighted by Gasteiger charge is -2.28. The Morgan fingerprint density at radius 3 is 2.10 bits per heavy atom. The number of aliphatic imine (C=N–C) groups is 1. The first-order valence-corrected chi connectivity index (χ1v) is 6.93. The van der Waals surface area contributed by atoms with Gasteiger partial charge in [0.25, 0.3) is 0 Å². The molecule has 0 spiro atoms. The minimum Gasteiger partial charge on any atom is -0.444 e. The lowest BCUT2D eigenvalue weighted by molar-refractivity contribution is 0.0476. The molecule has 0 saturated heterocycles. The first kappa shape index (κ1) is 22.5. The number of nitrogens with one attached hydrogen (secondary N) is 2. The molecule has 0 unspecified atom stereocenters. The third-order valence-corrected chi connectivity index (χ3v) is 2.22. The zero-order chi connectivity index (χ0) is 16.0. The molecule has 0 rings (SSSR count). The van der Waals surface area contributed by atoms with Gasteiger partial charge in [0.1, 0.15) is 5.60 Å². The van der Waals surface area contributed by atoms with Crippen molar-refractivity contribution in [2.75, 3.05) is 27.2 Å². The molecule has 0 heterocycles. The summed E-state index contributed by atoms with van der Waals surface area (Å²) in [4.78, 5) is 18.2. The predicted octanol–water partition coefficient (Wildman–Crippen LogP) is 2.43. The van der Waals surface area contributed by atoms with E-state index < -0.39 is 17.2 Å². The normalized spacial score (nSPS) is 12.3. The molecule has 0 aliphatic carbocycles. The molecule has 0 atom stereocenters. The second kappa shape index (κ2) is 9.32. The molecule has 2 N–H and O–H groups in total. The summed E-state index contributed by atoms with van der Waals surface area (Å²) in [6, 6.07) is 0. The van der Waals surface area contributed by atoms with Crippen molar-refractivity contribution in [3.63, 3.8) is 0 Å². The molecule has 0 saturated carbocycles. The van der Waals surface area contributed by atoms with Gasteiger partial charge in [-0.05, 0) is 41.5 Å². The summed E-state index contributed by atoms with van der Waals surface area (Å²) in [5, 5.41) is 6.01. The van der Waals surface area contributed by atoms with E-state index in [1.165, 1.54) is 0 Å². The molecule has 7 heteroatoms. The lowest BCUT2D eigenvalue weighted by atomic mass is 10.1. The third-order valence-electron chi connectivity index (χ3n) is 2.22. The summed E-state index contributed by atoms with van der Waals surface area (Å²) >= 11 is 0. The van der Waals surface area contributed by atoms with Crippen LogP contribution in [0.15, 0.2) is 4.99 Å². The van der Waals surface area contributed by atoms with Crippen molar-refractivity contribution in [1.82, 2.24) is 15.5 Å². The Balaban J connectivity index is 0. The Morgan fingerprint density at radius 2 is 1.71 bits per heavy atom. The van der Waals surface area contributed by atoms with Crippen molar-refractivity contribution >= 4 is 36.0 Å². The summed E-state index contributed by atoms with van der Waals surface area (Å²) in [7, 11) is 3.85. The molecule has 126 valence electrons. The molecule has 0 aromatic heterocycles. The molecule has 0 fully saturated rings. The minimum atomic E-state index is -0.498. The maximum atomic E-state index is 11.8. The summed E-state index contributed by atoms with van der Waals surface area (Å²) in [5.74, 6) is 0.798. The van der Waals surface area contributed by atoms with Crippen molar-refractivity contribution in [2.45, 2.75) is 52.7 Å². The summed E-state index contributed by atoms with van der Waals surface area (Å²) in [6.45, 7) is 12.6. The van der Waals surface area contributed by atoms with Crippen molar-refractivity contribution in [3.05, 3.63) is 0 Å². The van der Waals surface area contributed by atoms with Crippen LogP contribution in [0.1, 0.15) is 41.5 Å². The monoisotopic (exact) mass is 414 g/mol. The molecule has 0 aliphatic rings. The maximum Gasteiger partial charge on any atom is 0.408 e. The number of hydrogen-bond donors (Lipinski definition) is 2. The quantitative estimate of drug-likeness (QED) is 0.422. The van der Waals surface area contributed by atoms with Gasteiger partial charge < -0.3 is 20.3 Å². The van der Waals surface area contributed by atoms with Gasteiger partial charge in [0.2, 0.25) is 0 Å². The summed E-state index contributed by atoms with van der Waals surface area (Å²) in [5.41, 5.74) is -0.971. The fraction of sp³-hybridized carbons (Fsp3) is 0.857. The van der Waals surface area contributed by atoms with E-state index in [1.54, 1.807) is 0 Å². The first-order chi connectivity index (χ1) is 8.97. The molecule has 21 heavy (non-hydrogen) atoms. The van der Waals surface area contributed by atoms with Gasteiger partial charge in [0.05, 0.1) is 12.1 Å². The van der Waals surface area contributed by atoms with E-state index in [-0.39, 0.29) is 24.0 Å². The standard InChI is InChI=1S/C14H30N4O2.HI/c1-9-15-11(18(7)8)16-10-14(5,6)17-12(19)20-13(2,3)4;/h9-10H2,1-8H3,(H,15,16)(H,17,19);1H. The van der Waals surface area contributed by atoms with E-state index in [4.69, 9.17) is 4.74 Å². The number of guanidine groups is 1. The number of carbonyl (C=O) groups excluding carboxylic acids is 1. The van der Waals surface area contributed by atoms with Crippen LogP contribution in [-0.2, 0) is 4.74 Å². The van der Waals surface area contributed by atoms with Gasteiger partial charge in [-0.1, -0.05) is 0 Å². The van der Waals surface area contributed by atoms with E-state index in [0.29, 0.717) is 6.54 Å². The fourth-order valence-electron chi connectivity index (χ4n) is 1.41. The van der Waals surface area contributed by atoms with Crippen molar-refractivity contribution in [2.24, 2.45) is 4.99 Å². The van der Waals surface area contributed by atoms with E-state index in [9.17, 15) is 4.79 Å². The largest absolute Gasteiger partial charge is 0.444 e. The number of hydrogen-bond acceptors (Lipinski definition) is 3. The second-order valence-electron chi connectivity index (χ2n) is 6.58. The first-order valence-electron chi connectivity index (χ1n) is 6.93. The van der Waals surface area contributed by atoms with Gasteiger partial charge in [-0.25, -0.2) is 4.79 Å². The van der Waals surface area contributed by atoms with Gasteiger partial charge in [0.15, 0.2) is 5.96 Å². The molecule has 1 amide bonds. The SMILES string of the molecule is CCNC(=NCC(C)(C)NC(=O)OC(C)(C)C)N(C)C.I. The highest BCUT2D eigenvalue weighted by molar-refractivity contribution is 14.0.